The number of aliphatic hydroxyl groups is 1. The van der Waals surface area contributed by atoms with Crippen LogP contribution in [-0.4, -0.2) is 85.1 Å². The van der Waals surface area contributed by atoms with Crippen molar-refractivity contribution in [1.82, 2.24) is 35.8 Å². The lowest BCUT2D eigenvalue weighted by Gasteiger charge is -2.24. The van der Waals surface area contributed by atoms with Crippen molar-refractivity contribution < 1.29 is 24.2 Å². The molecule has 48 heavy (non-hydrogen) atoms. The van der Waals surface area contributed by atoms with Gasteiger partial charge < -0.3 is 25.4 Å². The first kappa shape index (κ1) is 32.5. The van der Waals surface area contributed by atoms with Gasteiger partial charge in [0, 0.05) is 16.1 Å². The van der Waals surface area contributed by atoms with Crippen LogP contribution in [0.1, 0.15) is 38.1 Å². The van der Waals surface area contributed by atoms with Gasteiger partial charge in [-0.3, -0.25) is 14.4 Å². The van der Waals surface area contributed by atoms with Gasteiger partial charge >= 0.3 is 0 Å². The third kappa shape index (κ3) is 7.57. The number of carbonyl (C=O) groups excluding carboxylic acids is 3. The average Bonchev–Trinajstić information content (AvgIpc) is 3.85. The molecule has 2 aromatic heterocycles. The number of tetrazole rings is 1. The zero-order valence-electron chi connectivity index (χ0n) is 25.8. The van der Waals surface area contributed by atoms with Crippen LogP contribution in [0.3, 0.4) is 0 Å². The topological polar surface area (TPSA) is 175 Å². The maximum Gasteiger partial charge on any atom is 0.274 e. The highest BCUT2D eigenvalue weighted by Gasteiger charge is 2.33. The number of aromatic nitrogens is 5. The number of pyridine rings is 1. The molecule has 0 bridgehead atoms. The fourth-order valence-electron chi connectivity index (χ4n) is 5.36. The second-order valence-electron chi connectivity index (χ2n) is 11.0. The largest absolute Gasteiger partial charge is 0.381 e. The third-order valence-electron chi connectivity index (χ3n) is 7.81. The van der Waals surface area contributed by atoms with Crippen LogP contribution in [0.25, 0.3) is 11.4 Å². The number of aliphatic hydroxyl groups excluding tert-OH is 1. The molecule has 14 heteroatoms. The number of thioether (sulfide) groups is 1. The number of hydrogen-bond acceptors (Lipinski definition) is 10. The molecular weight excluding hydrogens is 632 g/mol. The summed E-state index contributed by atoms with van der Waals surface area (Å²) in [4.78, 5) is 47.5. The van der Waals surface area contributed by atoms with Gasteiger partial charge in [0.2, 0.25) is 5.82 Å². The van der Waals surface area contributed by atoms with E-state index in [-0.39, 0.29) is 36.5 Å². The average molecular weight is 665 g/mol. The standard InChI is InChI=1S/C34H32N8O5S/c1-48-25-17-27(36-28(18-25)34(46)42-20-47-19-29(42)22-11-6-3-7-12-22)32(44)37-26(15-21-9-4-2-5-10-21)30(43)33(45)35-24-14-8-13-23(16-24)31-38-40-41-39-31/h2-14,16-18,26,29-30,43H,15,19-20H2,1H3,(H,35,45)(H,37,44)(H,38,39,40,41)/t26-,29+,30-/m0/s1. The van der Waals surface area contributed by atoms with E-state index in [4.69, 9.17) is 4.74 Å². The Balaban J connectivity index is 1.23. The number of hydrogen-bond donors (Lipinski definition) is 4. The fourth-order valence-corrected chi connectivity index (χ4v) is 5.82. The molecule has 1 aliphatic rings. The van der Waals surface area contributed by atoms with Crippen LogP contribution < -0.4 is 10.6 Å². The minimum absolute atomic E-state index is 0.0277. The summed E-state index contributed by atoms with van der Waals surface area (Å²) in [7, 11) is 0. The molecule has 0 saturated carbocycles. The fraction of sp³-hybridized carbons (Fsp3) is 0.206. The van der Waals surface area contributed by atoms with Gasteiger partial charge in [-0.05, 0) is 53.3 Å². The predicted molar refractivity (Wildman–Crippen MR) is 178 cm³/mol. The van der Waals surface area contributed by atoms with Gasteiger partial charge in [-0.1, -0.05) is 72.8 Å². The normalized spacial score (nSPS) is 15.5. The molecule has 3 amide bonds. The summed E-state index contributed by atoms with van der Waals surface area (Å²) in [6.07, 6.45) is 0.320. The van der Waals surface area contributed by atoms with Gasteiger partial charge in [0.15, 0.2) is 6.10 Å². The summed E-state index contributed by atoms with van der Waals surface area (Å²) >= 11 is 1.36. The van der Waals surface area contributed by atoms with Crippen LogP contribution in [-0.2, 0) is 16.0 Å². The summed E-state index contributed by atoms with van der Waals surface area (Å²) in [6, 6.07) is 27.4. The van der Waals surface area contributed by atoms with Crippen LogP contribution in [0.2, 0.25) is 0 Å². The lowest BCUT2D eigenvalue weighted by atomic mass is 10.00. The van der Waals surface area contributed by atoms with Crippen molar-refractivity contribution in [3.8, 4) is 11.4 Å². The molecule has 0 unspecified atom stereocenters. The molecule has 244 valence electrons. The molecule has 6 rings (SSSR count). The Bertz CT molecular complexity index is 1880. The first-order valence-corrected chi connectivity index (χ1v) is 16.3. The summed E-state index contributed by atoms with van der Waals surface area (Å²) in [5.41, 5.74) is 2.77. The van der Waals surface area contributed by atoms with E-state index in [2.05, 4.69) is 36.2 Å². The smallest absolute Gasteiger partial charge is 0.274 e. The Morgan fingerprint density at radius 2 is 1.75 bits per heavy atom. The SMILES string of the molecule is CSc1cc(C(=O)N[C@@H](Cc2ccccc2)[C@H](O)C(=O)Nc2cccc(-c3nn[nH]n3)c2)nc(C(=O)N2COC[C@@H]2c2ccccc2)c1. The van der Waals surface area contributed by atoms with E-state index in [0.29, 0.717) is 28.6 Å². The molecule has 13 nitrogen and oxygen atoms in total. The highest BCUT2D eigenvalue weighted by molar-refractivity contribution is 7.98. The summed E-state index contributed by atoms with van der Waals surface area (Å²) in [5, 5.41) is 30.7. The van der Waals surface area contributed by atoms with E-state index < -0.39 is 24.0 Å². The predicted octanol–water partition coefficient (Wildman–Crippen LogP) is 3.50. The zero-order chi connectivity index (χ0) is 33.5. The van der Waals surface area contributed by atoms with Crippen LogP contribution in [0.5, 0.6) is 0 Å². The number of nitrogens with one attached hydrogen (secondary N) is 3. The molecule has 3 heterocycles. The van der Waals surface area contributed by atoms with E-state index in [1.54, 1.807) is 41.3 Å². The van der Waals surface area contributed by atoms with Gasteiger partial charge in [0.05, 0.1) is 18.7 Å². The summed E-state index contributed by atoms with van der Waals surface area (Å²) in [6.45, 7) is 0.428. The molecule has 0 spiro atoms. The molecule has 1 saturated heterocycles. The van der Waals surface area contributed by atoms with Gasteiger partial charge in [-0.15, -0.1) is 22.0 Å². The van der Waals surface area contributed by atoms with Crippen molar-refractivity contribution in [3.63, 3.8) is 0 Å². The van der Waals surface area contributed by atoms with E-state index in [1.165, 1.54) is 11.8 Å². The molecular formula is C34H32N8O5S. The zero-order valence-corrected chi connectivity index (χ0v) is 26.6. The number of amides is 3. The van der Waals surface area contributed by atoms with Crippen molar-refractivity contribution >= 4 is 35.2 Å². The highest BCUT2D eigenvalue weighted by Crippen LogP contribution is 2.28. The number of carbonyl (C=O) groups is 3. The Morgan fingerprint density at radius 3 is 2.48 bits per heavy atom. The lowest BCUT2D eigenvalue weighted by Crippen LogP contribution is -2.50. The molecule has 3 aromatic carbocycles. The first-order chi connectivity index (χ1) is 23.4. The molecule has 3 atom stereocenters. The minimum Gasteiger partial charge on any atom is -0.381 e. The van der Waals surface area contributed by atoms with Gasteiger partial charge in [0.25, 0.3) is 17.7 Å². The summed E-state index contributed by atoms with van der Waals surface area (Å²) in [5.74, 6) is -1.42. The number of nitrogens with zero attached hydrogens (tertiary/aromatic N) is 5. The Morgan fingerprint density at radius 1 is 1.00 bits per heavy atom. The number of rotatable bonds is 11. The van der Waals surface area contributed by atoms with Gasteiger partial charge in [-0.25, -0.2) is 4.98 Å². The van der Waals surface area contributed by atoms with Crippen LogP contribution in [0.15, 0.2) is 102 Å². The minimum atomic E-state index is -1.65. The Labute approximate surface area is 280 Å². The second-order valence-corrected chi connectivity index (χ2v) is 11.9. The number of aromatic amines is 1. The van der Waals surface area contributed by atoms with E-state index in [9.17, 15) is 19.5 Å². The second kappa shape index (κ2) is 15.0. The number of ether oxygens (including phenoxy) is 1. The third-order valence-corrected chi connectivity index (χ3v) is 8.52. The van der Waals surface area contributed by atoms with E-state index in [0.717, 1.165) is 11.1 Å². The van der Waals surface area contributed by atoms with E-state index >= 15 is 0 Å². The monoisotopic (exact) mass is 664 g/mol. The Hall–Kier alpha value is -5.44. The van der Waals surface area contributed by atoms with Gasteiger partial charge in [-0.2, -0.15) is 5.21 Å². The molecule has 5 aromatic rings. The van der Waals surface area contributed by atoms with Crippen molar-refractivity contribution in [1.29, 1.82) is 0 Å². The van der Waals surface area contributed by atoms with Crippen molar-refractivity contribution in [2.75, 3.05) is 24.9 Å². The van der Waals surface area contributed by atoms with Crippen molar-refractivity contribution in [2.45, 2.75) is 29.5 Å². The first-order valence-electron chi connectivity index (χ1n) is 15.1. The molecule has 0 radical (unpaired) electrons. The molecule has 4 N–H and O–H groups in total. The van der Waals surface area contributed by atoms with Crippen molar-refractivity contribution in [2.24, 2.45) is 0 Å². The van der Waals surface area contributed by atoms with Crippen molar-refractivity contribution in [3.05, 3.63) is 120 Å². The number of H-pyrrole nitrogens is 1. The van der Waals surface area contributed by atoms with E-state index in [1.807, 2.05) is 66.9 Å². The Kier molecular flexibility index (Phi) is 10.1. The maximum absolute atomic E-state index is 13.8. The quantitative estimate of drug-likeness (QED) is 0.153. The van der Waals surface area contributed by atoms with Gasteiger partial charge in [0.1, 0.15) is 18.1 Å². The lowest BCUT2D eigenvalue weighted by molar-refractivity contribution is -0.125. The number of anilines is 1. The highest BCUT2D eigenvalue weighted by atomic mass is 32.2. The molecule has 1 fully saturated rings. The number of benzene rings is 3. The summed E-state index contributed by atoms with van der Waals surface area (Å²) < 4.78 is 5.64. The maximum atomic E-state index is 13.8. The van der Waals surface area contributed by atoms with Crippen LogP contribution in [0, 0.1) is 0 Å². The molecule has 0 aliphatic carbocycles. The van der Waals surface area contributed by atoms with Crippen LogP contribution >= 0.6 is 11.8 Å². The molecule has 1 aliphatic heterocycles. The van der Waals surface area contributed by atoms with Crippen LogP contribution in [0.4, 0.5) is 5.69 Å².